The molecule has 0 aliphatic carbocycles. The monoisotopic (exact) mass is 592 g/mol. The molecular weight excluding hydrogens is 569 g/mol. The zero-order valence-electron chi connectivity index (χ0n) is 24.1. The number of fused-ring (bicyclic) bond motifs is 3. The highest BCUT2D eigenvalue weighted by Gasteiger charge is 2.17. The Hall–Kier alpha value is -5.96. The van der Waals surface area contributed by atoms with Gasteiger partial charge in [-0.1, -0.05) is 127 Å². The van der Waals surface area contributed by atoms with Gasteiger partial charge in [0, 0.05) is 42.4 Å². The Kier molecular flexibility index (Phi) is 6.68. The minimum Gasteiger partial charge on any atom is -0.208 e. The minimum absolute atomic E-state index is 0.626. The predicted octanol–water partition coefficient (Wildman–Crippen LogP) is 10.4. The van der Waals surface area contributed by atoms with Gasteiger partial charge in [0.1, 0.15) is 0 Å². The lowest BCUT2D eigenvalue weighted by Crippen LogP contribution is -2.00. The van der Waals surface area contributed by atoms with Crippen molar-refractivity contribution < 1.29 is 0 Å². The topological polar surface area (TPSA) is 62.5 Å². The Labute approximate surface area is 264 Å². The predicted molar refractivity (Wildman–Crippen MR) is 185 cm³/mol. The van der Waals surface area contributed by atoms with E-state index in [9.17, 15) is 5.26 Å². The average Bonchev–Trinajstić information content (AvgIpc) is 3.51. The molecule has 45 heavy (non-hydrogen) atoms. The largest absolute Gasteiger partial charge is 0.208 e. The molecule has 8 aromatic rings. The first-order valence-electron chi connectivity index (χ1n) is 14.7. The summed E-state index contributed by atoms with van der Waals surface area (Å²) in [5, 5.41) is 11.9. The van der Waals surface area contributed by atoms with Crippen LogP contribution in [-0.2, 0) is 0 Å². The fourth-order valence-electron chi connectivity index (χ4n) is 5.76. The van der Waals surface area contributed by atoms with Gasteiger partial charge in [0.15, 0.2) is 17.5 Å². The van der Waals surface area contributed by atoms with Crippen LogP contribution < -0.4 is 0 Å². The third-order valence-electron chi connectivity index (χ3n) is 8.00. The molecule has 0 unspecified atom stereocenters. The van der Waals surface area contributed by atoms with Gasteiger partial charge in [0.25, 0.3) is 0 Å². The van der Waals surface area contributed by atoms with Crippen molar-refractivity contribution >= 4 is 31.5 Å². The van der Waals surface area contributed by atoms with Crippen molar-refractivity contribution in [3.05, 3.63) is 151 Å². The molecule has 0 bridgehead atoms. The fourth-order valence-corrected chi connectivity index (χ4v) is 7.04. The van der Waals surface area contributed by atoms with Crippen molar-refractivity contribution in [3.8, 4) is 62.5 Å². The maximum Gasteiger partial charge on any atom is 0.164 e. The summed E-state index contributed by atoms with van der Waals surface area (Å²) in [6, 6.07) is 51.6. The number of rotatable bonds is 5. The zero-order chi connectivity index (χ0) is 30.2. The molecule has 0 N–H and O–H groups in total. The Bertz CT molecular complexity index is 2300. The molecule has 6 aromatic carbocycles. The lowest BCUT2D eigenvalue weighted by molar-refractivity contribution is 1.07. The van der Waals surface area contributed by atoms with Crippen LogP contribution in [0.1, 0.15) is 5.56 Å². The van der Waals surface area contributed by atoms with Crippen LogP contribution in [0.2, 0.25) is 0 Å². The van der Waals surface area contributed by atoms with Crippen LogP contribution in [0.25, 0.3) is 76.6 Å². The summed E-state index contributed by atoms with van der Waals surface area (Å²) < 4.78 is 2.49. The number of aromatic nitrogens is 3. The molecule has 2 heterocycles. The van der Waals surface area contributed by atoms with Gasteiger partial charge in [0.2, 0.25) is 0 Å². The zero-order valence-corrected chi connectivity index (χ0v) is 24.9. The molecule has 0 radical (unpaired) electrons. The van der Waals surface area contributed by atoms with Crippen LogP contribution in [0.15, 0.2) is 146 Å². The van der Waals surface area contributed by atoms with E-state index in [0.29, 0.717) is 23.0 Å². The van der Waals surface area contributed by atoms with E-state index in [1.807, 2.05) is 84.1 Å². The van der Waals surface area contributed by atoms with Gasteiger partial charge in [-0.05, 0) is 34.9 Å². The molecule has 5 heteroatoms. The fraction of sp³-hybridized carbons (Fsp3) is 0. The third-order valence-corrected chi connectivity index (χ3v) is 9.21. The molecule has 0 saturated carbocycles. The molecule has 0 atom stereocenters. The summed E-state index contributed by atoms with van der Waals surface area (Å²) >= 11 is 1.81. The van der Waals surface area contributed by atoms with Crippen molar-refractivity contribution in [2.24, 2.45) is 0 Å². The highest BCUT2D eigenvalue weighted by molar-refractivity contribution is 7.26. The van der Waals surface area contributed by atoms with Crippen LogP contribution in [0.3, 0.4) is 0 Å². The van der Waals surface area contributed by atoms with E-state index in [1.165, 1.54) is 25.7 Å². The SMILES string of the molecule is N#Cc1ccc(-c2c(-c3ccc(-c4nc(-c5ccccc5)nc(-c5ccccc5)n4)cc3)ccc3c2sc2ccccc23)cc1. The van der Waals surface area contributed by atoms with Crippen molar-refractivity contribution in [1.29, 1.82) is 5.26 Å². The number of nitriles is 1. The third kappa shape index (κ3) is 4.94. The average molecular weight is 593 g/mol. The maximum absolute atomic E-state index is 9.42. The molecule has 0 spiro atoms. The normalized spacial score (nSPS) is 11.1. The van der Waals surface area contributed by atoms with E-state index >= 15 is 0 Å². The van der Waals surface area contributed by atoms with Crippen LogP contribution in [0, 0.1) is 11.3 Å². The first kappa shape index (κ1) is 26.7. The maximum atomic E-state index is 9.42. The Balaban J connectivity index is 1.27. The van der Waals surface area contributed by atoms with Gasteiger partial charge in [-0.2, -0.15) is 5.26 Å². The molecule has 2 aromatic heterocycles. The van der Waals surface area contributed by atoms with Crippen LogP contribution >= 0.6 is 11.3 Å². The van der Waals surface area contributed by atoms with E-state index in [0.717, 1.165) is 33.4 Å². The van der Waals surface area contributed by atoms with Gasteiger partial charge in [-0.15, -0.1) is 11.3 Å². The molecule has 0 aliphatic rings. The summed E-state index contributed by atoms with van der Waals surface area (Å²) in [7, 11) is 0. The molecule has 0 aliphatic heterocycles. The number of thiophene rings is 1. The van der Waals surface area contributed by atoms with Crippen LogP contribution in [-0.4, -0.2) is 15.0 Å². The molecule has 8 rings (SSSR count). The molecule has 210 valence electrons. The molecule has 0 saturated heterocycles. The van der Waals surface area contributed by atoms with E-state index in [-0.39, 0.29) is 0 Å². The summed E-state index contributed by atoms with van der Waals surface area (Å²) in [4.78, 5) is 14.6. The Morgan fingerprint density at radius 3 is 1.56 bits per heavy atom. The summed E-state index contributed by atoms with van der Waals surface area (Å²) in [5.41, 5.74) is 7.94. The van der Waals surface area contributed by atoms with Gasteiger partial charge >= 0.3 is 0 Å². The van der Waals surface area contributed by atoms with Gasteiger partial charge in [-0.3, -0.25) is 0 Å². The first-order valence-corrected chi connectivity index (χ1v) is 15.5. The van der Waals surface area contributed by atoms with Gasteiger partial charge < -0.3 is 0 Å². The smallest absolute Gasteiger partial charge is 0.164 e. The highest BCUT2D eigenvalue weighted by atomic mass is 32.1. The first-order chi connectivity index (χ1) is 22.2. The van der Waals surface area contributed by atoms with Crippen LogP contribution in [0.4, 0.5) is 0 Å². The standard InChI is InChI=1S/C40H24N4S/c41-25-26-15-17-28(18-16-26)36-32(23-24-34-33-13-7-8-14-35(33)45-37(34)36)27-19-21-31(22-20-27)40-43-38(29-9-3-1-4-10-29)42-39(44-40)30-11-5-2-6-12-30/h1-24H. The van der Waals surface area contributed by atoms with E-state index in [4.69, 9.17) is 15.0 Å². The molecule has 0 amide bonds. The molecule has 0 fully saturated rings. The lowest BCUT2D eigenvalue weighted by atomic mass is 9.92. The number of benzene rings is 6. The number of hydrogen-bond donors (Lipinski definition) is 0. The van der Waals surface area contributed by atoms with Crippen molar-refractivity contribution in [2.45, 2.75) is 0 Å². The lowest BCUT2D eigenvalue weighted by Gasteiger charge is -2.13. The van der Waals surface area contributed by atoms with E-state index in [2.05, 4.69) is 78.9 Å². The second-order valence-corrected chi connectivity index (χ2v) is 11.8. The summed E-state index contributed by atoms with van der Waals surface area (Å²) in [6.45, 7) is 0. The summed E-state index contributed by atoms with van der Waals surface area (Å²) in [6.07, 6.45) is 0. The number of nitrogens with zero attached hydrogens (tertiary/aromatic N) is 4. The van der Waals surface area contributed by atoms with Crippen molar-refractivity contribution in [3.63, 3.8) is 0 Å². The van der Waals surface area contributed by atoms with Crippen molar-refractivity contribution in [1.82, 2.24) is 15.0 Å². The minimum atomic E-state index is 0.626. The quantitative estimate of drug-likeness (QED) is 0.199. The Morgan fingerprint density at radius 2 is 0.956 bits per heavy atom. The molecular formula is C40H24N4S. The summed E-state index contributed by atoms with van der Waals surface area (Å²) in [5.74, 6) is 1.91. The Morgan fingerprint density at radius 1 is 0.444 bits per heavy atom. The highest BCUT2D eigenvalue weighted by Crippen LogP contribution is 2.45. The second-order valence-electron chi connectivity index (χ2n) is 10.8. The molecule has 4 nitrogen and oxygen atoms in total. The number of hydrogen-bond acceptors (Lipinski definition) is 5. The van der Waals surface area contributed by atoms with Crippen molar-refractivity contribution in [2.75, 3.05) is 0 Å². The van der Waals surface area contributed by atoms with Crippen LogP contribution in [0.5, 0.6) is 0 Å². The van der Waals surface area contributed by atoms with Gasteiger partial charge in [-0.25, -0.2) is 15.0 Å². The van der Waals surface area contributed by atoms with E-state index < -0.39 is 0 Å². The van der Waals surface area contributed by atoms with Gasteiger partial charge in [0.05, 0.1) is 11.6 Å². The second kappa shape index (κ2) is 11.3. The van der Waals surface area contributed by atoms with E-state index in [1.54, 1.807) is 0 Å².